The molecule has 0 bridgehead atoms. The molecule has 1 aliphatic rings. The van der Waals surface area contributed by atoms with Crippen molar-refractivity contribution in [2.24, 2.45) is 5.92 Å². The summed E-state index contributed by atoms with van der Waals surface area (Å²) in [4.78, 5) is 12.1. The molecule has 0 unspecified atom stereocenters. The van der Waals surface area contributed by atoms with Crippen LogP contribution in [0.3, 0.4) is 0 Å². The number of rotatable bonds is 3. The van der Waals surface area contributed by atoms with Crippen molar-refractivity contribution in [2.75, 3.05) is 13.1 Å². The normalized spacial score (nSPS) is 17.1. The summed E-state index contributed by atoms with van der Waals surface area (Å²) in [5, 5.41) is 3.28. The zero-order chi connectivity index (χ0) is 12.3. The van der Waals surface area contributed by atoms with E-state index in [0.29, 0.717) is 17.9 Å². The minimum Gasteiger partial charge on any atom is -0.317 e. The van der Waals surface area contributed by atoms with Crippen molar-refractivity contribution in [3.63, 3.8) is 0 Å². The van der Waals surface area contributed by atoms with Crippen LogP contribution in [0, 0.1) is 18.7 Å². The first kappa shape index (κ1) is 12.2. The number of hydrogen-bond donors (Lipinski definition) is 1. The molecule has 3 heteroatoms. The fourth-order valence-corrected chi connectivity index (χ4v) is 2.35. The van der Waals surface area contributed by atoms with Crippen molar-refractivity contribution in [3.05, 3.63) is 35.1 Å². The van der Waals surface area contributed by atoms with Crippen molar-refractivity contribution >= 4 is 5.78 Å². The molecule has 2 rings (SSSR count). The number of nitrogens with one attached hydrogen (secondary N) is 1. The number of carbonyl (C=O) groups excluding carboxylic acids is 1. The van der Waals surface area contributed by atoms with Gasteiger partial charge < -0.3 is 5.32 Å². The van der Waals surface area contributed by atoms with Gasteiger partial charge in [-0.05, 0) is 56.5 Å². The van der Waals surface area contributed by atoms with Gasteiger partial charge in [0.2, 0.25) is 0 Å². The molecular weight excluding hydrogens is 217 g/mol. The molecule has 0 amide bonds. The summed E-state index contributed by atoms with van der Waals surface area (Å²) < 4.78 is 13.1. The molecule has 17 heavy (non-hydrogen) atoms. The average molecular weight is 235 g/mol. The Morgan fingerprint density at radius 1 is 1.41 bits per heavy atom. The first-order chi connectivity index (χ1) is 8.16. The summed E-state index contributed by atoms with van der Waals surface area (Å²) in [6, 6.07) is 4.43. The van der Waals surface area contributed by atoms with E-state index in [2.05, 4.69) is 5.32 Å². The van der Waals surface area contributed by atoms with Gasteiger partial charge in [-0.3, -0.25) is 4.79 Å². The quantitative estimate of drug-likeness (QED) is 0.816. The van der Waals surface area contributed by atoms with Crippen molar-refractivity contribution in [2.45, 2.75) is 26.2 Å². The van der Waals surface area contributed by atoms with Gasteiger partial charge in [0.25, 0.3) is 0 Å². The van der Waals surface area contributed by atoms with E-state index < -0.39 is 0 Å². The lowest BCUT2D eigenvalue weighted by atomic mass is 9.89. The molecule has 0 radical (unpaired) electrons. The Bertz CT molecular complexity index is 411. The van der Waals surface area contributed by atoms with Crippen LogP contribution in [-0.2, 0) is 0 Å². The summed E-state index contributed by atoms with van der Waals surface area (Å²) >= 11 is 0. The van der Waals surface area contributed by atoms with Crippen molar-refractivity contribution in [1.82, 2.24) is 5.32 Å². The molecule has 0 aliphatic carbocycles. The summed E-state index contributed by atoms with van der Waals surface area (Å²) in [5.41, 5.74) is 1.41. The number of ketones is 1. The first-order valence-electron chi connectivity index (χ1n) is 6.17. The highest BCUT2D eigenvalue weighted by atomic mass is 19.1. The van der Waals surface area contributed by atoms with Crippen LogP contribution < -0.4 is 5.32 Å². The molecule has 0 atom stereocenters. The van der Waals surface area contributed by atoms with Gasteiger partial charge in [-0.15, -0.1) is 0 Å². The van der Waals surface area contributed by atoms with Crippen LogP contribution in [-0.4, -0.2) is 18.9 Å². The maximum absolute atomic E-state index is 13.1. The second kappa shape index (κ2) is 5.41. The maximum atomic E-state index is 13.1. The second-order valence-electron chi connectivity index (χ2n) is 4.78. The average Bonchev–Trinajstić information content (AvgIpc) is 2.33. The molecule has 1 aliphatic heterocycles. The summed E-state index contributed by atoms with van der Waals surface area (Å²) in [7, 11) is 0. The Kier molecular flexibility index (Phi) is 3.89. The number of halogens is 1. The molecule has 0 aromatic heterocycles. The molecule has 1 fully saturated rings. The topological polar surface area (TPSA) is 29.1 Å². The molecule has 1 saturated heterocycles. The van der Waals surface area contributed by atoms with Crippen molar-refractivity contribution in [3.8, 4) is 0 Å². The van der Waals surface area contributed by atoms with E-state index >= 15 is 0 Å². The molecule has 1 heterocycles. The molecule has 2 nitrogen and oxygen atoms in total. The maximum Gasteiger partial charge on any atom is 0.163 e. The first-order valence-corrected chi connectivity index (χ1v) is 6.17. The smallest absolute Gasteiger partial charge is 0.163 e. The van der Waals surface area contributed by atoms with Gasteiger partial charge in [0.15, 0.2) is 5.78 Å². The SMILES string of the molecule is Cc1ccc(F)cc1C(=O)CC1CCNCC1. The predicted molar refractivity (Wildman–Crippen MR) is 65.7 cm³/mol. The van der Waals surface area contributed by atoms with Crippen LogP contribution in [0.25, 0.3) is 0 Å². The number of piperidine rings is 1. The van der Waals surface area contributed by atoms with Gasteiger partial charge in [0, 0.05) is 12.0 Å². The number of carbonyl (C=O) groups is 1. The van der Waals surface area contributed by atoms with Gasteiger partial charge in [0.05, 0.1) is 0 Å². The third-order valence-corrected chi connectivity index (χ3v) is 3.43. The van der Waals surface area contributed by atoms with E-state index in [0.717, 1.165) is 31.5 Å². The molecule has 0 saturated carbocycles. The summed E-state index contributed by atoms with van der Waals surface area (Å²) in [6.45, 7) is 3.83. The Hall–Kier alpha value is -1.22. The van der Waals surface area contributed by atoms with E-state index in [1.807, 2.05) is 6.92 Å². The highest BCUT2D eigenvalue weighted by molar-refractivity contribution is 5.97. The third kappa shape index (κ3) is 3.13. The van der Waals surface area contributed by atoms with Gasteiger partial charge in [-0.1, -0.05) is 6.07 Å². The third-order valence-electron chi connectivity index (χ3n) is 3.43. The molecular formula is C14H18FNO. The van der Waals surface area contributed by atoms with E-state index in [1.54, 1.807) is 6.07 Å². The predicted octanol–water partition coefficient (Wildman–Crippen LogP) is 2.71. The molecule has 1 aromatic rings. The zero-order valence-electron chi connectivity index (χ0n) is 10.1. The largest absolute Gasteiger partial charge is 0.317 e. The van der Waals surface area contributed by atoms with Crippen LogP contribution in [0.4, 0.5) is 4.39 Å². The fraction of sp³-hybridized carbons (Fsp3) is 0.500. The van der Waals surface area contributed by atoms with Gasteiger partial charge >= 0.3 is 0 Å². The van der Waals surface area contributed by atoms with Crippen LogP contribution in [0.15, 0.2) is 18.2 Å². The Morgan fingerprint density at radius 2 is 2.12 bits per heavy atom. The van der Waals surface area contributed by atoms with Crippen LogP contribution in [0.2, 0.25) is 0 Å². The van der Waals surface area contributed by atoms with Gasteiger partial charge in [-0.2, -0.15) is 0 Å². The zero-order valence-corrected chi connectivity index (χ0v) is 10.1. The van der Waals surface area contributed by atoms with Gasteiger partial charge in [-0.25, -0.2) is 4.39 Å². The van der Waals surface area contributed by atoms with Crippen LogP contribution in [0.1, 0.15) is 35.2 Å². The Labute approximate surface area is 101 Å². The Morgan fingerprint density at radius 3 is 2.82 bits per heavy atom. The Balaban J connectivity index is 2.05. The van der Waals surface area contributed by atoms with Crippen molar-refractivity contribution in [1.29, 1.82) is 0 Å². The lowest BCUT2D eigenvalue weighted by Gasteiger charge is -2.22. The molecule has 1 aromatic carbocycles. The monoisotopic (exact) mass is 235 g/mol. The fourth-order valence-electron chi connectivity index (χ4n) is 2.35. The standard InChI is InChI=1S/C14H18FNO/c1-10-2-3-12(15)9-13(10)14(17)8-11-4-6-16-7-5-11/h2-3,9,11,16H,4-8H2,1H3. The number of Topliss-reactive ketones (excluding diaryl/α,β-unsaturated/α-hetero) is 1. The highest BCUT2D eigenvalue weighted by Gasteiger charge is 2.19. The van der Waals surface area contributed by atoms with Crippen molar-refractivity contribution < 1.29 is 9.18 Å². The van der Waals surface area contributed by atoms with E-state index in [-0.39, 0.29) is 11.6 Å². The van der Waals surface area contributed by atoms with Crippen LogP contribution >= 0.6 is 0 Å². The minimum absolute atomic E-state index is 0.0777. The lowest BCUT2D eigenvalue weighted by Crippen LogP contribution is -2.29. The highest BCUT2D eigenvalue weighted by Crippen LogP contribution is 2.20. The molecule has 1 N–H and O–H groups in total. The second-order valence-corrected chi connectivity index (χ2v) is 4.78. The van der Waals surface area contributed by atoms with Gasteiger partial charge in [0.1, 0.15) is 5.82 Å². The molecule has 92 valence electrons. The summed E-state index contributed by atoms with van der Waals surface area (Å²) in [6.07, 6.45) is 2.63. The minimum atomic E-state index is -0.329. The number of benzene rings is 1. The number of hydrogen-bond acceptors (Lipinski definition) is 2. The van der Waals surface area contributed by atoms with Crippen LogP contribution in [0.5, 0.6) is 0 Å². The lowest BCUT2D eigenvalue weighted by molar-refractivity contribution is 0.0951. The summed E-state index contributed by atoms with van der Waals surface area (Å²) in [5.74, 6) is 0.199. The van der Waals surface area contributed by atoms with E-state index in [1.165, 1.54) is 12.1 Å². The molecule has 0 spiro atoms. The van der Waals surface area contributed by atoms with E-state index in [9.17, 15) is 9.18 Å². The van der Waals surface area contributed by atoms with E-state index in [4.69, 9.17) is 0 Å². The number of aryl methyl sites for hydroxylation is 1.